The summed E-state index contributed by atoms with van der Waals surface area (Å²) in [6.07, 6.45) is 6.36. The Morgan fingerprint density at radius 3 is 2.43 bits per heavy atom. The lowest BCUT2D eigenvalue weighted by atomic mass is 9.88. The zero-order valence-electron chi connectivity index (χ0n) is 13.3. The van der Waals surface area contributed by atoms with Gasteiger partial charge in [-0.1, -0.05) is 26.2 Å². The van der Waals surface area contributed by atoms with Gasteiger partial charge in [0.2, 0.25) is 0 Å². The molecule has 5 nitrogen and oxygen atoms in total. The van der Waals surface area contributed by atoms with E-state index in [2.05, 4.69) is 6.92 Å². The van der Waals surface area contributed by atoms with Crippen LogP contribution >= 0.6 is 0 Å². The van der Waals surface area contributed by atoms with Crippen molar-refractivity contribution in [2.24, 2.45) is 11.8 Å². The van der Waals surface area contributed by atoms with Crippen LogP contribution in [0.3, 0.4) is 0 Å². The number of esters is 1. The Hall–Kier alpha value is -0.940. The zero-order valence-corrected chi connectivity index (χ0v) is 13.3. The second-order valence-electron chi connectivity index (χ2n) is 5.32. The van der Waals surface area contributed by atoms with E-state index >= 15 is 0 Å². The molecule has 21 heavy (non-hydrogen) atoms. The third-order valence-electron chi connectivity index (χ3n) is 3.70. The molecule has 0 aliphatic heterocycles. The van der Waals surface area contributed by atoms with Crippen molar-refractivity contribution >= 4 is 11.8 Å². The maximum absolute atomic E-state index is 11.8. The summed E-state index contributed by atoms with van der Waals surface area (Å²) in [7, 11) is 0. The third-order valence-corrected chi connectivity index (χ3v) is 3.70. The molecule has 2 N–H and O–H groups in total. The van der Waals surface area contributed by atoms with Gasteiger partial charge in [-0.15, -0.1) is 0 Å². The highest BCUT2D eigenvalue weighted by atomic mass is 16.5. The molecule has 0 amide bonds. The third kappa shape index (κ3) is 8.83. The van der Waals surface area contributed by atoms with E-state index in [4.69, 9.17) is 14.9 Å². The van der Waals surface area contributed by atoms with Crippen molar-refractivity contribution in [1.82, 2.24) is 0 Å². The highest BCUT2D eigenvalue weighted by Gasteiger charge is 2.35. The van der Waals surface area contributed by atoms with Crippen molar-refractivity contribution in [3.05, 3.63) is 0 Å². The van der Waals surface area contributed by atoms with Crippen LogP contribution in [0.15, 0.2) is 0 Å². The number of hydrogen-bond acceptors (Lipinski definition) is 5. The summed E-state index contributed by atoms with van der Waals surface area (Å²) in [4.78, 5) is 23.2. The first kappa shape index (κ1) is 20.1. The maximum Gasteiger partial charge on any atom is 0.306 e. The van der Waals surface area contributed by atoms with Crippen LogP contribution in [0.5, 0.6) is 0 Å². The van der Waals surface area contributed by atoms with Crippen LogP contribution in [0.25, 0.3) is 0 Å². The summed E-state index contributed by atoms with van der Waals surface area (Å²) in [6, 6.07) is 0. The van der Waals surface area contributed by atoms with Gasteiger partial charge in [0, 0.05) is 18.8 Å². The molecule has 1 aliphatic rings. The minimum atomic E-state index is -0.146. The highest BCUT2D eigenvalue weighted by Crippen LogP contribution is 2.35. The average Bonchev–Trinajstić information content (AvgIpc) is 2.81. The van der Waals surface area contributed by atoms with Crippen LogP contribution < -0.4 is 0 Å². The number of unbranched alkanes of at least 4 members (excludes halogenated alkanes) is 2. The molecule has 0 spiro atoms. The molecule has 0 aromatic carbocycles. The standard InChI is InChI=1S/C14H24O3.C2H6O2/c1-3-5-6-7-12-11(8-9-13(12)15)10-14(16)17-4-2;3-1-2-4/h11-12H,3-10H2,1-2H3;3-4H,1-2H2. The van der Waals surface area contributed by atoms with E-state index < -0.39 is 0 Å². The molecule has 0 radical (unpaired) electrons. The van der Waals surface area contributed by atoms with Crippen molar-refractivity contribution in [2.45, 2.75) is 58.8 Å². The quantitative estimate of drug-likeness (QED) is 0.530. The monoisotopic (exact) mass is 302 g/mol. The van der Waals surface area contributed by atoms with Gasteiger partial charge in [-0.05, 0) is 25.7 Å². The van der Waals surface area contributed by atoms with Gasteiger partial charge in [0.15, 0.2) is 0 Å². The maximum atomic E-state index is 11.8. The molecule has 0 heterocycles. The normalized spacial score (nSPS) is 20.9. The van der Waals surface area contributed by atoms with E-state index in [0.29, 0.717) is 25.2 Å². The number of Topliss-reactive ketones (excluding diaryl/α,β-unsaturated/α-hetero) is 1. The molecule has 2 unspecified atom stereocenters. The fourth-order valence-corrected chi connectivity index (χ4v) is 2.67. The van der Waals surface area contributed by atoms with Gasteiger partial charge in [-0.25, -0.2) is 0 Å². The van der Waals surface area contributed by atoms with Crippen molar-refractivity contribution in [2.75, 3.05) is 19.8 Å². The molecule has 1 rings (SSSR count). The smallest absolute Gasteiger partial charge is 0.306 e. The number of ketones is 1. The topological polar surface area (TPSA) is 83.8 Å². The first-order valence-electron chi connectivity index (χ1n) is 8.00. The predicted octanol–water partition coefficient (Wildman–Crippen LogP) is 2.09. The average molecular weight is 302 g/mol. The molecule has 5 heteroatoms. The van der Waals surface area contributed by atoms with Crippen molar-refractivity contribution < 1.29 is 24.5 Å². The molecule has 0 aromatic heterocycles. The minimum Gasteiger partial charge on any atom is -0.466 e. The fourth-order valence-electron chi connectivity index (χ4n) is 2.67. The van der Waals surface area contributed by atoms with Crippen molar-refractivity contribution in [1.29, 1.82) is 0 Å². The van der Waals surface area contributed by atoms with E-state index in [1.165, 1.54) is 12.8 Å². The van der Waals surface area contributed by atoms with Crippen LogP contribution in [0.4, 0.5) is 0 Å². The number of hydrogen-bond donors (Lipinski definition) is 2. The predicted molar refractivity (Wildman–Crippen MR) is 80.8 cm³/mol. The number of carbonyl (C=O) groups is 2. The Balaban J connectivity index is 0.000000885. The molecule has 0 bridgehead atoms. The summed E-state index contributed by atoms with van der Waals surface area (Å²) in [5.41, 5.74) is 0. The molecule has 1 aliphatic carbocycles. The number of rotatable bonds is 8. The Bertz CT molecular complexity index is 288. The van der Waals surface area contributed by atoms with Gasteiger partial charge in [0.1, 0.15) is 5.78 Å². The van der Waals surface area contributed by atoms with E-state index in [9.17, 15) is 9.59 Å². The second-order valence-corrected chi connectivity index (χ2v) is 5.32. The van der Waals surface area contributed by atoms with E-state index in [-0.39, 0.29) is 31.0 Å². The number of carbonyl (C=O) groups excluding carboxylic acids is 2. The molecule has 1 saturated carbocycles. The fraction of sp³-hybridized carbons (Fsp3) is 0.875. The number of ether oxygens (including phenoxy) is 1. The van der Waals surface area contributed by atoms with E-state index in [1.807, 2.05) is 6.92 Å². The van der Waals surface area contributed by atoms with Gasteiger partial charge in [-0.3, -0.25) is 9.59 Å². The summed E-state index contributed by atoms with van der Waals surface area (Å²) < 4.78 is 4.96. The summed E-state index contributed by atoms with van der Waals surface area (Å²) in [5, 5.41) is 15.2. The lowest BCUT2D eigenvalue weighted by molar-refractivity contribution is -0.144. The highest BCUT2D eigenvalue weighted by molar-refractivity contribution is 5.84. The zero-order chi connectivity index (χ0) is 16.1. The Morgan fingerprint density at radius 1 is 1.24 bits per heavy atom. The summed E-state index contributed by atoms with van der Waals surface area (Å²) in [5.74, 6) is 0.562. The molecule has 124 valence electrons. The first-order chi connectivity index (χ1) is 10.1. The Labute approximate surface area is 127 Å². The van der Waals surface area contributed by atoms with Gasteiger partial charge in [0.05, 0.1) is 19.8 Å². The molecule has 0 saturated heterocycles. The second kappa shape index (κ2) is 12.8. The lowest BCUT2D eigenvalue weighted by Crippen LogP contribution is -2.19. The minimum absolute atomic E-state index is 0.117. The SMILES string of the molecule is CCCCCC1C(=O)CCC1CC(=O)OCC.OCCO. The van der Waals surface area contributed by atoms with Crippen LogP contribution in [-0.2, 0) is 14.3 Å². The van der Waals surface area contributed by atoms with E-state index in [1.54, 1.807) is 0 Å². The van der Waals surface area contributed by atoms with Gasteiger partial charge in [-0.2, -0.15) is 0 Å². The molecule has 2 atom stereocenters. The van der Waals surface area contributed by atoms with Gasteiger partial charge < -0.3 is 14.9 Å². The molecular weight excluding hydrogens is 272 g/mol. The molecule has 0 aromatic rings. The van der Waals surface area contributed by atoms with Gasteiger partial charge in [0.25, 0.3) is 0 Å². The van der Waals surface area contributed by atoms with Crippen LogP contribution in [-0.4, -0.2) is 41.8 Å². The summed E-state index contributed by atoms with van der Waals surface area (Å²) in [6.45, 7) is 4.16. The van der Waals surface area contributed by atoms with Crippen LogP contribution in [0.2, 0.25) is 0 Å². The number of aliphatic hydroxyl groups excluding tert-OH is 2. The molecular formula is C16H30O5. The largest absolute Gasteiger partial charge is 0.466 e. The summed E-state index contributed by atoms with van der Waals surface area (Å²) >= 11 is 0. The van der Waals surface area contributed by atoms with Crippen LogP contribution in [0.1, 0.15) is 58.8 Å². The number of aliphatic hydroxyl groups is 2. The first-order valence-corrected chi connectivity index (χ1v) is 8.00. The Morgan fingerprint density at radius 2 is 1.90 bits per heavy atom. The van der Waals surface area contributed by atoms with Crippen molar-refractivity contribution in [3.63, 3.8) is 0 Å². The van der Waals surface area contributed by atoms with Crippen molar-refractivity contribution in [3.8, 4) is 0 Å². The molecule has 1 fully saturated rings. The van der Waals surface area contributed by atoms with Gasteiger partial charge >= 0.3 is 5.97 Å². The lowest BCUT2D eigenvalue weighted by Gasteiger charge is -2.17. The van der Waals surface area contributed by atoms with Crippen LogP contribution in [0, 0.1) is 11.8 Å². The Kier molecular flexibility index (Phi) is 12.2. The van der Waals surface area contributed by atoms with E-state index in [0.717, 1.165) is 19.3 Å².